The topological polar surface area (TPSA) is 87.1 Å². The molecule has 2 aromatic rings. The molecule has 3 heterocycles. The molecule has 0 saturated carbocycles. The summed E-state index contributed by atoms with van der Waals surface area (Å²) in [6, 6.07) is 1.70. The maximum atomic E-state index is 5.82. The number of rotatable bonds is 2. The van der Waals surface area contributed by atoms with E-state index in [1.807, 2.05) is 0 Å². The molecule has 3 rings (SSSR count). The Morgan fingerprint density at radius 2 is 2.35 bits per heavy atom. The van der Waals surface area contributed by atoms with Gasteiger partial charge in [-0.1, -0.05) is 5.16 Å². The fraction of sp³-hybridized carbons (Fsp3) is 0.364. The molecule has 1 atom stereocenters. The minimum atomic E-state index is -0.0506. The second-order valence-corrected chi connectivity index (χ2v) is 3.92. The van der Waals surface area contributed by atoms with Gasteiger partial charge in [0.05, 0.1) is 5.56 Å². The van der Waals surface area contributed by atoms with Gasteiger partial charge in [-0.2, -0.15) is 4.98 Å². The van der Waals surface area contributed by atoms with Crippen molar-refractivity contribution < 1.29 is 9.26 Å². The van der Waals surface area contributed by atoms with E-state index in [4.69, 9.17) is 15.0 Å². The maximum absolute atomic E-state index is 5.82. The molecule has 6 nitrogen and oxygen atoms in total. The van der Waals surface area contributed by atoms with Crippen LogP contribution in [0.2, 0.25) is 0 Å². The molecular weight excluding hydrogens is 220 g/mol. The van der Waals surface area contributed by atoms with Gasteiger partial charge in [-0.15, -0.1) is 0 Å². The molecule has 88 valence electrons. The van der Waals surface area contributed by atoms with E-state index in [2.05, 4.69) is 15.1 Å². The van der Waals surface area contributed by atoms with E-state index in [9.17, 15) is 0 Å². The molecule has 1 fully saturated rings. The van der Waals surface area contributed by atoms with Crippen LogP contribution in [0.4, 0.5) is 5.69 Å². The van der Waals surface area contributed by atoms with Crippen molar-refractivity contribution in [3.05, 3.63) is 24.3 Å². The van der Waals surface area contributed by atoms with Crippen LogP contribution in [-0.4, -0.2) is 21.7 Å². The zero-order valence-electron chi connectivity index (χ0n) is 9.17. The lowest BCUT2D eigenvalue weighted by atomic mass is 10.2. The molecule has 0 bridgehead atoms. The van der Waals surface area contributed by atoms with Crippen LogP contribution in [0.15, 0.2) is 23.0 Å². The van der Waals surface area contributed by atoms with E-state index in [0.717, 1.165) is 19.4 Å². The average molecular weight is 232 g/mol. The van der Waals surface area contributed by atoms with Crippen LogP contribution in [0.3, 0.4) is 0 Å². The van der Waals surface area contributed by atoms with Crippen molar-refractivity contribution in [1.29, 1.82) is 0 Å². The summed E-state index contributed by atoms with van der Waals surface area (Å²) in [5.41, 5.74) is 7.04. The van der Waals surface area contributed by atoms with Crippen LogP contribution in [0.25, 0.3) is 11.5 Å². The molecule has 0 radical (unpaired) electrons. The lowest BCUT2D eigenvalue weighted by Gasteiger charge is -2.01. The number of nitrogens with two attached hydrogens (primary N) is 1. The summed E-state index contributed by atoms with van der Waals surface area (Å²) in [5, 5.41) is 3.92. The highest BCUT2D eigenvalue weighted by Crippen LogP contribution is 2.29. The van der Waals surface area contributed by atoms with Gasteiger partial charge in [-0.05, 0) is 18.9 Å². The van der Waals surface area contributed by atoms with Crippen LogP contribution in [-0.2, 0) is 4.74 Å². The number of ether oxygens (including phenoxy) is 1. The zero-order valence-corrected chi connectivity index (χ0v) is 9.17. The Morgan fingerprint density at radius 1 is 1.41 bits per heavy atom. The highest BCUT2D eigenvalue weighted by Gasteiger charge is 2.23. The third kappa shape index (κ3) is 1.87. The van der Waals surface area contributed by atoms with Gasteiger partial charge in [-0.25, -0.2) is 0 Å². The molecule has 2 N–H and O–H groups in total. The monoisotopic (exact) mass is 232 g/mol. The maximum Gasteiger partial charge on any atom is 0.261 e. The van der Waals surface area contributed by atoms with Crippen LogP contribution >= 0.6 is 0 Å². The standard InChI is InChI=1S/C11H12N4O2/c12-8-3-4-13-6-7(8)11-14-10(15-17-11)9-2-1-5-16-9/h3-4,6,9H,1-2,5H2,(H2,12,13). The Balaban J connectivity index is 1.92. The molecule has 1 unspecified atom stereocenters. The summed E-state index contributed by atoms with van der Waals surface area (Å²) >= 11 is 0. The molecule has 1 aliphatic rings. The number of hydrogen-bond acceptors (Lipinski definition) is 6. The molecule has 1 aliphatic heterocycles. The average Bonchev–Trinajstić information content (AvgIpc) is 3.00. The molecule has 17 heavy (non-hydrogen) atoms. The largest absolute Gasteiger partial charge is 0.398 e. The van der Waals surface area contributed by atoms with Gasteiger partial charge < -0.3 is 15.0 Å². The van der Waals surface area contributed by atoms with Gasteiger partial charge >= 0.3 is 0 Å². The predicted octanol–water partition coefficient (Wildman–Crippen LogP) is 1.57. The number of aromatic nitrogens is 3. The van der Waals surface area contributed by atoms with Crippen molar-refractivity contribution in [2.75, 3.05) is 12.3 Å². The predicted molar refractivity (Wildman–Crippen MR) is 59.9 cm³/mol. The first kappa shape index (κ1) is 10.2. The van der Waals surface area contributed by atoms with Crippen molar-refractivity contribution in [2.24, 2.45) is 0 Å². The number of hydrogen-bond donors (Lipinski definition) is 1. The molecule has 0 aliphatic carbocycles. The molecule has 0 aromatic carbocycles. The molecule has 6 heteroatoms. The molecule has 2 aromatic heterocycles. The van der Waals surface area contributed by atoms with E-state index in [1.54, 1.807) is 18.5 Å². The third-order valence-electron chi connectivity index (χ3n) is 2.74. The highest BCUT2D eigenvalue weighted by molar-refractivity contribution is 5.68. The van der Waals surface area contributed by atoms with Crippen LogP contribution in [0, 0.1) is 0 Å². The van der Waals surface area contributed by atoms with Crippen molar-refractivity contribution in [3.63, 3.8) is 0 Å². The lowest BCUT2D eigenvalue weighted by molar-refractivity contribution is 0.103. The molecular formula is C11H12N4O2. The zero-order chi connectivity index (χ0) is 11.7. The minimum absolute atomic E-state index is 0.0506. The second kappa shape index (κ2) is 4.14. The van der Waals surface area contributed by atoms with Crippen molar-refractivity contribution in [2.45, 2.75) is 18.9 Å². The first-order valence-electron chi connectivity index (χ1n) is 5.49. The summed E-state index contributed by atoms with van der Waals surface area (Å²) in [6.07, 6.45) is 5.15. The fourth-order valence-electron chi connectivity index (χ4n) is 1.84. The smallest absolute Gasteiger partial charge is 0.261 e. The van der Waals surface area contributed by atoms with Gasteiger partial charge in [0, 0.05) is 24.7 Å². The van der Waals surface area contributed by atoms with Crippen LogP contribution in [0.5, 0.6) is 0 Å². The fourth-order valence-corrected chi connectivity index (χ4v) is 1.84. The van der Waals surface area contributed by atoms with Gasteiger partial charge in [-0.3, -0.25) is 4.98 Å². The van der Waals surface area contributed by atoms with E-state index in [1.165, 1.54) is 0 Å². The normalized spacial score (nSPS) is 19.6. The van der Waals surface area contributed by atoms with E-state index < -0.39 is 0 Å². The Bertz CT molecular complexity index is 520. The van der Waals surface area contributed by atoms with Crippen molar-refractivity contribution in [1.82, 2.24) is 15.1 Å². The summed E-state index contributed by atoms with van der Waals surface area (Å²) in [4.78, 5) is 8.29. The van der Waals surface area contributed by atoms with Gasteiger partial charge in [0.25, 0.3) is 5.89 Å². The van der Waals surface area contributed by atoms with Crippen molar-refractivity contribution in [3.8, 4) is 11.5 Å². The lowest BCUT2D eigenvalue weighted by Crippen LogP contribution is -1.98. The van der Waals surface area contributed by atoms with Gasteiger partial charge in [0.2, 0.25) is 5.82 Å². The molecule has 0 amide bonds. The number of nitrogen functional groups attached to an aromatic ring is 1. The van der Waals surface area contributed by atoms with E-state index in [0.29, 0.717) is 23.0 Å². The summed E-state index contributed by atoms with van der Waals surface area (Å²) in [6.45, 7) is 0.754. The molecule has 0 spiro atoms. The Kier molecular flexibility index (Phi) is 2.49. The first-order valence-corrected chi connectivity index (χ1v) is 5.49. The number of nitrogens with zero attached hydrogens (tertiary/aromatic N) is 3. The summed E-state index contributed by atoms with van der Waals surface area (Å²) in [5.74, 6) is 0.974. The Labute approximate surface area is 97.8 Å². The second-order valence-electron chi connectivity index (χ2n) is 3.92. The number of pyridine rings is 1. The summed E-state index contributed by atoms with van der Waals surface area (Å²) < 4.78 is 10.7. The Hall–Kier alpha value is -1.95. The van der Waals surface area contributed by atoms with E-state index in [-0.39, 0.29) is 6.10 Å². The third-order valence-corrected chi connectivity index (χ3v) is 2.74. The van der Waals surface area contributed by atoms with E-state index >= 15 is 0 Å². The summed E-state index contributed by atoms with van der Waals surface area (Å²) in [7, 11) is 0. The minimum Gasteiger partial charge on any atom is -0.398 e. The SMILES string of the molecule is Nc1ccncc1-c1nc(C2CCCO2)no1. The van der Waals surface area contributed by atoms with Gasteiger partial charge in [0.1, 0.15) is 6.10 Å². The van der Waals surface area contributed by atoms with Crippen LogP contribution in [0.1, 0.15) is 24.8 Å². The number of anilines is 1. The van der Waals surface area contributed by atoms with Gasteiger partial charge in [0.15, 0.2) is 0 Å². The first-order chi connectivity index (χ1) is 8.34. The molecule has 1 saturated heterocycles. The van der Waals surface area contributed by atoms with Crippen LogP contribution < -0.4 is 5.73 Å². The highest BCUT2D eigenvalue weighted by atomic mass is 16.5. The quantitative estimate of drug-likeness (QED) is 0.845. The van der Waals surface area contributed by atoms with Crippen molar-refractivity contribution >= 4 is 5.69 Å². The Morgan fingerprint density at radius 3 is 3.12 bits per heavy atom.